The van der Waals surface area contributed by atoms with Crippen LogP contribution in [0.15, 0.2) is 85.1 Å². The number of aliphatic hydroxyl groups is 10. The molecule has 0 saturated carbocycles. The highest BCUT2D eigenvalue weighted by Crippen LogP contribution is 2.38. The topological polar surface area (TPSA) is 311 Å². The van der Waals surface area contributed by atoms with E-state index in [4.69, 9.17) is 24.7 Å². The van der Waals surface area contributed by atoms with Crippen molar-refractivity contribution in [3.8, 4) is 0 Å². The molecule has 2 bridgehead atoms. The molecule has 0 aromatic carbocycles. The molecule has 0 aliphatic carbocycles. The number of nitrogens with one attached hydrogen (secondary N) is 1. The number of allylic oxidation sites excluding steroid dienone is 12. The van der Waals surface area contributed by atoms with Crippen molar-refractivity contribution in [3.63, 3.8) is 0 Å². The summed E-state index contributed by atoms with van der Waals surface area (Å²) in [6, 6.07) is -1.10. The third kappa shape index (κ3) is 20.4. The van der Waals surface area contributed by atoms with Gasteiger partial charge in [-0.3, -0.25) is 9.59 Å². The second kappa shape index (κ2) is 29.4. The Hall–Kier alpha value is -3.44. The number of aliphatic hydroxyl groups excluding tert-OH is 9. The van der Waals surface area contributed by atoms with Gasteiger partial charge in [0.2, 0.25) is 5.91 Å². The van der Waals surface area contributed by atoms with Crippen LogP contribution in [-0.2, 0) is 28.5 Å². The van der Waals surface area contributed by atoms with Gasteiger partial charge in [-0.1, -0.05) is 98.9 Å². The number of rotatable bonds is 5. The van der Waals surface area contributed by atoms with Crippen LogP contribution in [0.3, 0.4) is 0 Å². The van der Waals surface area contributed by atoms with E-state index in [1.807, 2.05) is 50.3 Å². The molecule has 0 aromatic rings. The number of fused-ring (bicyclic) bond motifs is 2. The first-order valence-corrected chi connectivity index (χ1v) is 23.0. The third-order valence-electron chi connectivity index (χ3n) is 11.6. The van der Waals surface area contributed by atoms with Gasteiger partial charge in [-0.2, -0.15) is 0 Å². The van der Waals surface area contributed by atoms with Crippen molar-refractivity contribution in [2.75, 3.05) is 13.2 Å². The molecule has 3 heterocycles. The van der Waals surface area contributed by atoms with Crippen LogP contribution in [0.2, 0.25) is 0 Å². The summed E-state index contributed by atoms with van der Waals surface area (Å²) in [6.07, 6.45) is 6.83. The lowest BCUT2D eigenvalue weighted by Gasteiger charge is -2.45. The monoisotopic (exact) mass is 937 g/mol. The number of amides is 1. The zero-order chi connectivity index (χ0) is 48.8. The van der Waals surface area contributed by atoms with Crippen LogP contribution < -0.4 is 11.1 Å². The molecule has 17 atom stereocenters. The largest absolute Gasteiger partial charge is 0.462 e. The van der Waals surface area contributed by atoms with Gasteiger partial charge in [0.25, 0.3) is 0 Å². The van der Waals surface area contributed by atoms with E-state index in [2.05, 4.69) is 5.32 Å². The minimum Gasteiger partial charge on any atom is -0.462 e. The predicted molar refractivity (Wildman–Crippen MR) is 244 cm³/mol. The predicted octanol–water partition coefficient (Wildman–Crippen LogP) is 0.519. The maximum absolute atomic E-state index is 13.5. The fraction of sp³-hybridized carbons (Fsp3) is 0.667. The molecule has 18 nitrogen and oxygen atoms in total. The van der Waals surface area contributed by atoms with Crippen LogP contribution in [0.5, 0.6) is 0 Å². The van der Waals surface area contributed by atoms with Crippen LogP contribution in [0.4, 0.5) is 0 Å². The van der Waals surface area contributed by atoms with Gasteiger partial charge in [0.15, 0.2) is 12.1 Å². The van der Waals surface area contributed by atoms with Gasteiger partial charge in [-0.15, -0.1) is 0 Å². The maximum atomic E-state index is 13.5. The van der Waals surface area contributed by atoms with Crippen molar-refractivity contribution in [2.24, 2.45) is 17.6 Å². The van der Waals surface area contributed by atoms with E-state index < -0.39 is 135 Å². The normalized spacial score (nSPS) is 42.7. The smallest absolute Gasteiger partial charge is 0.308 e. The number of carbonyl (C=O) groups excluding carboxylic acids is 2. The summed E-state index contributed by atoms with van der Waals surface area (Å²) in [5.74, 6) is -4.99. The number of nitrogens with two attached hydrogens (primary N) is 1. The van der Waals surface area contributed by atoms with Crippen LogP contribution >= 0.6 is 0 Å². The molecule has 3 aliphatic rings. The summed E-state index contributed by atoms with van der Waals surface area (Å²) in [4.78, 5) is 26.0. The van der Waals surface area contributed by atoms with Gasteiger partial charge in [-0.05, 0) is 32.6 Å². The number of hydrogen-bond acceptors (Lipinski definition) is 17. The summed E-state index contributed by atoms with van der Waals surface area (Å²) in [5, 5.41) is 111. The van der Waals surface area contributed by atoms with E-state index in [9.17, 15) is 60.7 Å². The highest BCUT2D eigenvalue weighted by molar-refractivity contribution is 5.80. The van der Waals surface area contributed by atoms with Crippen LogP contribution in [0.25, 0.3) is 0 Å². The average Bonchev–Trinajstić information content (AvgIpc) is 3.23. The van der Waals surface area contributed by atoms with Crippen molar-refractivity contribution in [2.45, 2.75) is 176 Å². The molecule has 2 fully saturated rings. The Morgan fingerprint density at radius 3 is 1.95 bits per heavy atom. The molecule has 0 spiro atoms. The molecule has 13 N–H and O–H groups in total. The van der Waals surface area contributed by atoms with Gasteiger partial charge in [0.1, 0.15) is 12.2 Å². The molecule has 66 heavy (non-hydrogen) atoms. The molecule has 0 radical (unpaired) electrons. The Morgan fingerprint density at radius 2 is 1.33 bits per heavy atom. The standard InChI is InChI=1S/C48H76N2O16/c1-4-21-50-46(61)43-39(57)28-48(62)27-34(53)24-38(56)36(54)20-19-32(51)23-33(52)25-42(59)64-31(3)22-37(55)30(2)17-15-13-11-9-7-5-6-8-10-12-14-16-18-35(26-41(43)66-48)65-47-45(60)44(49)40(58)29-63-47/h5-18,30-41,43-45,47,51-58,60,62H,4,19-29,49H2,1-3H3,(H,50,61)/b6-5+,9-7+,10-8+,13-11+,14-12+,17-15+,18-16+/t30-,31-,32+,33?,34-,35?,36?,37-,38?,39-,40+,41-,43?,44-,45-,47-,48?/m0/s1. The van der Waals surface area contributed by atoms with Crippen LogP contribution in [0, 0.1) is 11.8 Å². The minimum absolute atomic E-state index is 0.0843. The summed E-state index contributed by atoms with van der Waals surface area (Å²) >= 11 is 0. The fourth-order valence-electron chi connectivity index (χ4n) is 7.88. The molecule has 3 aliphatic heterocycles. The van der Waals surface area contributed by atoms with E-state index in [-0.39, 0.29) is 51.2 Å². The number of esters is 1. The van der Waals surface area contributed by atoms with E-state index in [0.29, 0.717) is 6.42 Å². The van der Waals surface area contributed by atoms with Crippen molar-refractivity contribution in [1.29, 1.82) is 0 Å². The average molecular weight is 937 g/mol. The van der Waals surface area contributed by atoms with Crippen LogP contribution in [-0.4, -0.2) is 167 Å². The van der Waals surface area contributed by atoms with Crippen molar-refractivity contribution >= 4 is 11.9 Å². The summed E-state index contributed by atoms with van der Waals surface area (Å²) in [7, 11) is 0. The minimum atomic E-state index is -2.24. The van der Waals surface area contributed by atoms with E-state index in [1.165, 1.54) is 0 Å². The van der Waals surface area contributed by atoms with Gasteiger partial charge in [0, 0.05) is 44.6 Å². The first-order valence-electron chi connectivity index (χ1n) is 23.0. The SMILES string of the molecule is CCCNC(=O)C1[C@@H]2CC(O[C@@H]3OC[C@@H](O)[C@H](N)[C@@H]3O)/C=C/C=C/C=C/C=C/C=C/C=C/C=C/[C@H](C)[C@@H](O)C[C@H](C)OC(=O)CC(O)C[C@H](O)CCC(O)C(O)C[C@H](O)CC(O)(C[C@@H]1O)O2. The Labute approximate surface area is 388 Å². The first kappa shape index (κ1) is 56.9. The zero-order valence-corrected chi connectivity index (χ0v) is 38.3. The molecule has 1 amide bonds. The summed E-state index contributed by atoms with van der Waals surface area (Å²) in [6.45, 7) is 5.36. The Kier molecular flexibility index (Phi) is 25.4. The van der Waals surface area contributed by atoms with E-state index >= 15 is 0 Å². The zero-order valence-electron chi connectivity index (χ0n) is 38.3. The second-order valence-corrected chi connectivity index (χ2v) is 17.6. The Balaban J connectivity index is 1.88. The lowest BCUT2D eigenvalue weighted by molar-refractivity contribution is -0.304. The number of carbonyl (C=O) groups is 2. The number of cyclic esters (lactones) is 1. The molecular formula is C48H76N2O16. The lowest BCUT2D eigenvalue weighted by atomic mass is 9.82. The van der Waals surface area contributed by atoms with Crippen molar-refractivity contribution < 1.29 is 79.6 Å². The molecule has 0 aromatic heterocycles. The van der Waals surface area contributed by atoms with Crippen LogP contribution in [0.1, 0.15) is 85.0 Å². The van der Waals surface area contributed by atoms with Gasteiger partial charge < -0.3 is 81.1 Å². The molecule has 6 unspecified atom stereocenters. The van der Waals surface area contributed by atoms with Gasteiger partial charge in [-0.25, -0.2) is 0 Å². The van der Waals surface area contributed by atoms with E-state index in [0.717, 1.165) is 0 Å². The maximum Gasteiger partial charge on any atom is 0.308 e. The first-order chi connectivity index (χ1) is 31.3. The second-order valence-electron chi connectivity index (χ2n) is 17.6. The number of hydrogen-bond donors (Lipinski definition) is 12. The molecule has 18 heteroatoms. The lowest BCUT2D eigenvalue weighted by Crippen LogP contribution is -2.59. The Bertz CT molecular complexity index is 1650. The molecule has 2 saturated heterocycles. The quantitative estimate of drug-likeness (QED) is 0.167. The molecule has 3 rings (SSSR count). The highest BCUT2D eigenvalue weighted by atomic mass is 16.7. The van der Waals surface area contributed by atoms with Crippen molar-refractivity contribution in [3.05, 3.63) is 85.1 Å². The fourth-order valence-corrected chi connectivity index (χ4v) is 7.88. The van der Waals surface area contributed by atoms with Gasteiger partial charge in [0.05, 0.1) is 86.0 Å². The molecular weight excluding hydrogens is 861 g/mol. The number of ether oxygens (including phenoxy) is 4. The third-order valence-corrected chi connectivity index (χ3v) is 11.6. The van der Waals surface area contributed by atoms with E-state index in [1.54, 1.807) is 55.5 Å². The van der Waals surface area contributed by atoms with Gasteiger partial charge >= 0.3 is 5.97 Å². The summed E-state index contributed by atoms with van der Waals surface area (Å²) < 4.78 is 23.2. The van der Waals surface area contributed by atoms with Crippen molar-refractivity contribution in [1.82, 2.24) is 5.32 Å². The Morgan fingerprint density at radius 1 is 0.727 bits per heavy atom. The molecule has 374 valence electrons. The highest BCUT2D eigenvalue weighted by Gasteiger charge is 2.50. The summed E-state index contributed by atoms with van der Waals surface area (Å²) in [5.41, 5.74) is 5.99.